The van der Waals surface area contributed by atoms with Crippen LogP contribution < -0.4 is 5.32 Å². The van der Waals surface area contributed by atoms with Crippen LogP contribution >= 0.6 is 11.6 Å². The fourth-order valence-corrected chi connectivity index (χ4v) is 1.67. The van der Waals surface area contributed by atoms with Gasteiger partial charge in [0.15, 0.2) is 0 Å². The number of nitrogens with one attached hydrogen (secondary N) is 1. The number of aromatic nitrogens is 1. The second-order valence-corrected chi connectivity index (χ2v) is 4.74. The summed E-state index contributed by atoms with van der Waals surface area (Å²) in [6, 6.07) is 1.63. The lowest BCUT2D eigenvalue weighted by molar-refractivity contribution is 0.0786. The number of likely N-dealkylation sites (N-methyl/N-ethyl adjacent to an activating group) is 2. The molecule has 0 bridgehead atoms. The Morgan fingerprint density at radius 2 is 2.06 bits per heavy atom. The maximum atomic E-state index is 12.1. The number of halogens is 1. The van der Waals surface area contributed by atoms with Crippen LogP contribution in [0.15, 0.2) is 12.3 Å². The first kappa shape index (κ1) is 14.7. The van der Waals surface area contributed by atoms with E-state index in [-0.39, 0.29) is 5.91 Å². The molecule has 1 aromatic heterocycles. The van der Waals surface area contributed by atoms with Crippen LogP contribution in [0.4, 0.5) is 5.82 Å². The Hall–Kier alpha value is -1.33. The first-order valence-electron chi connectivity index (χ1n) is 5.69. The van der Waals surface area contributed by atoms with Crippen LogP contribution in [-0.2, 0) is 0 Å². The van der Waals surface area contributed by atoms with Crippen molar-refractivity contribution in [2.24, 2.45) is 0 Å². The van der Waals surface area contributed by atoms with Crippen LogP contribution in [0.2, 0.25) is 5.02 Å². The minimum Gasteiger partial charge on any atom is -0.372 e. The number of hydrogen-bond acceptors (Lipinski definition) is 4. The number of carbonyl (C=O) groups excluding carboxylic acids is 1. The summed E-state index contributed by atoms with van der Waals surface area (Å²) in [6.45, 7) is 1.48. The zero-order valence-electron chi connectivity index (χ0n) is 11.2. The van der Waals surface area contributed by atoms with Crippen molar-refractivity contribution < 1.29 is 4.79 Å². The minimum absolute atomic E-state index is 0.0751. The van der Waals surface area contributed by atoms with Crippen molar-refractivity contribution >= 4 is 23.3 Å². The molecule has 1 heterocycles. The van der Waals surface area contributed by atoms with Crippen molar-refractivity contribution in [3.63, 3.8) is 0 Å². The molecule has 0 aliphatic carbocycles. The SMILES string of the molecule is CNc1ncc(C(=O)N(C)CCN(C)C)cc1Cl. The van der Waals surface area contributed by atoms with E-state index < -0.39 is 0 Å². The summed E-state index contributed by atoms with van der Waals surface area (Å²) in [5, 5.41) is 3.30. The molecule has 1 aromatic rings. The molecular weight excluding hydrogens is 252 g/mol. The third-order valence-corrected chi connectivity index (χ3v) is 2.84. The fourth-order valence-electron chi connectivity index (χ4n) is 1.41. The molecule has 1 rings (SSSR count). The lowest BCUT2D eigenvalue weighted by atomic mass is 10.2. The van der Waals surface area contributed by atoms with Gasteiger partial charge in [-0.3, -0.25) is 4.79 Å². The lowest BCUT2D eigenvalue weighted by Gasteiger charge is -2.19. The third kappa shape index (κ3) is 3.85. The minimum atomic E-state index is -0.0751. The molecule has 0 unspecified atom stereocenters. The highest BCUT2D eigenvalue weighted by Gasteiger charge is 2.13. The molecule has 0 radical (unpaired) electrons. The van der Waals surface area contributed by atoms with E-state index in [0.717, 1.165) is 6.54 Å². The van der Waals surface area contributed by atoms with Gasteiger partial charge in [0.1, 0.15) is 5.82 Å². The second kappa shape index (κ2) is 6.56. The molecule has 6 heteroatoms. The van der Waals surface area contributed by atoms with Gasteiger partial charge in [-0.15, -0.1) is 0 Å². The molecule has 0 aliphatic heterocycles. The molecule has 0 saturated carbocycles. The molecule has 18 heavy (non-hydrogen) atoms. The molecule has 0 atom stereocenters. The van der Waals surface area contributed by atoms with Crippen LogP contribution in [0, 0.1) is 0 Å². The average molecular weight is 271 g/mol. The van der Waals surface area contributed by atoms with E-state index in [4.69, 9.17) is 11.6 Å². The summed E-state index contributed by atoms with van der Waals surface area (Å²) in [7, 11) is 7.45. The van der Waals surface area contributed by atoms with Crippen molar-refractivity contribution in [1.82, 2.24) is 14.8 Å². The van der Waals surface area contributed by atoms with E-state index in [1.165, 1.54) is 6.20 Å². The summed E-state index contributed by atoms with van der Waals surface area (Å²) < 4.78 is 0. The topological polar surface area (TPSA) is 48.5 Å². The highest BCUT2D eigenvalue weighted by atomic mass is 35.5. The van der Waals surface area contributed by atoms with Crippen molar-refractivity contribution in [1.29, 1.82) is 0 Å². The Balaban J connectivity index is 2.74. The standard InChI is InChI=1S/C12H19ClN4O/c1-14-11-10(13)7-9(8-15-11)12(18)17(4)6-5-16(2)3/h7-8H,5-6H2,1-4H3,(H,14,15). The first-order chi connectivity index (χ1) is 8.45. The van der Waals surface area contributed by atoms with Crippen LogP contribution in [0.3, 0.4) is 0 Å². The number of carbonyl (C=O) groups is 1. The average Bonchev–Trinajstić information content (AvgIpc) is 2.34. The van der Waals surface area contributed by atoms with Crippen molar-refractivity contribution in [3.8, 4) is 0 Å². The van der Waals surface area contributed by atoms with E-state index >= 15 is 0 Å². The Bertz CT molecular complexity index is 423. The Morgan fingerprint density at radius 1 is 1.39 bits per heavy atom. The predicted octanol–water partition coefficient (Wildman–Crippen LogP) is 1.41. The van der Waals surface area contributed by atoms with Gasteiger partial charge in [0.2, 0.25) is 0 Å². The van der Waals surface area contributed by atoms with Gasteiger partial charge >= 0.3 is 0 Å². The lowest BCUT2D eigenvalue weighted by Crippen LogP contribution is -2.33. The predicted molar refractivity (Wildman–Crippen MR) is 74.3 cm³/mol. The van der Waals surface area contributed by atoms with Gasteiger partial charge in [-0.25, -0.2) is 4.98 Å². The Morgan fingerprint density at radius 3 is 2.56 bits per heavy atom. The van der Waals surface area contributed by atoms with Crippen molar-refractivity contribution in [2.75, 3.05) is 46.6 Å². The van der Waals surface area contributed by atoms with Gasteiger partial charge < -0.3 is 15.1 Å². The summed E-state index contributed by atoms with van der Waals surface area (Å²) in [4.78, 5) is 19.9. The summed E-state index contributed by atoms with van der Waals surface area (Å²) in [6.07, 6.45) is 1.53. The van der Waals surface area contributed by atoms with E-state index in [2.05, 4.69) is 10.3 Å². The molecule has 0 fully saturated rings. The van der Waals surface area contributed by atoms with Crippen LogP contribution in [-0.4, -0.2) is 62.0 Å². The smallest absolute Gasteiger partial charge is 0.255 e. The number of amides is 1. The second-order valence-electron chi connectivity index (χ2n) is 4.33. The molecule has 0 aliphatic rings. The number of pyridine rings is 1. The van der Waals surface area contributed by atoms with Crippen LogP contribution in [0.25, 0.3) is 0 Å². The van der Waals surface area contributed by atoms with Gasteiger partial charge in [0.05, 0.1) is 10.6 Å². The largest absolute Gasteiger partial charge is 0.372 e. The Kier molecular flexibility index (Phi) is 5.37. The monoisotopic (exact) mass is 270 g/mol. The van der Waals surface area contributed by atoms with Crippen molar-refractivity contribution in [2.45, 2.75) is 0 Å². The quantitative estimate of drug-likeness (QED) is 0.879. The van der Waals surface area contributed by atoms with Gasteiger partial charge in [0, 0.05) is 33.4 Å². The normalized spacial score (nSPS) is 10.6. The zero-order valence-corrected chi connectivity index (χ0v) is 12.0. The molecule has 100 valence electrons. The number of nitrogens with zero attached hydrogens (tertiary/aromatic N) is 3. The number of hydrogen-bond donors (Lipinski definition) is 1. The molecular formula is C12H19ClN4O. The van der Waals surface area contributed by atoms with E-state index in [0.29, 0.717) is 22.9 Å². The van der Waals surface area contributed by atoms with Gasteiger partial charge in [-0.05, 0) is 20.2 Å². The van der Waals surface area contributed by atoms with E-state index in [9.17, 15) is 4.79 Å². The fraction of sp³-hybridized carbons (Fsp3) is 0.500. The highest BCUT2D eigenvalue weighted by molar-refractivity contribution is 6.33. The van der Waals surface area contributed by atoms with Gasteiger partial charge in [-0.1, -0.05) is 11.6 Å². The first-order valence-corrected chi connectivity index (χ1v) is 6.07. The summed E-state index contributed by atoms with van der Waals surface area (Å²) in [5.74, 6) is 0.498. The third-order valence-electron chi connectivity index (χ3n) is 2.55. The van der Waals surface area contributed by atoms with E-state index in [1.54, 1.807) is 25.1 Å². The highest BCUT2D eigenvalue weighted by Crippen LogP contribution is 2.19. The van der Waals surface area contributed by atoms with Gasteiger partial charge in [-0.2, -0.15) is 0 Å². The zero-order chi connectivity index (χ0) is 13.7. The maximum Gasteiger partial charge on any atom is 0.255 e. The number of anilines is 1. The molecule has 0 spiro atoms. The molecule has 0 aromatic carbocycles. The van der Waals surface area contributed by atoms with Crippen LogP contribution in [0.5, 0.6) is 0 Å². The molecule has 1 amide bonds. The summed E-state index contributed by atoms with van der Waals surface area (Å²) >= 11 is 6.00. The van der Waals surface area contributed by atoms with E-state index in [1.807, 2.05) is 19.0 Å². The van der Waals surface area contributed by atoms with Gasteiger partial charge in [0.25, 0.3) is 5.91 Å². The Labute approximate surface area is 113 Å². The molecule has 1 N–H and O–H groups in total. The number of rotatable bonds is 5. The summed E-state index contributed by atoms with van der Waals surface area (Å²) in [5.41, 5.74) is 0.500. The van der Waals surface area contributed by atoms with Crippen LogP contribution in [0.1, 0.15) is 10.4 Å². The maximum absolute atomic E-state index is 12.1. The van der Waals surface area contributed by atoms with Crippen molar-refractivity contribution in [3.05, 3.63) is 22.8 Å². The molecule has 5 nitrogen and oxygen atoms in total. The molecule has 0 saturated heterocycles.